The lowest BCUT2D eigenvalue weighted by Gasteiger charge is -2.18. The van der Waals surface area contributed by atoms with Gasteiger partial charge in [-0.2, -0.15) is 0 Å². The number of ketones is 1. The van der Waals surface area contributed by atoms with Gasteiger partial charge >= 0.3 is 0 Å². The molecule has 0 unspecified atom stereocenters. The molecule has 0 heterocycles. The van der Waals surface area contributed by atoms with Gasteiger partial charge in [0.15, 0.2) is 12.4 Å². The number of benzene rings is 3. The van der Waals surface area contributed by atoms with E-state index in [4.69, 9.17) is 16.3 Å². The van der Waals surface area contributed by atoms with E-state index in [9.17, 15) is 14.4 Å². The van der Waals surface area contributed by atoms with E-state index in [1.165, 1.54) is 6.92 Å². The highest BCUT2D eigenvalue weighted by molar-refractivity contribution is 6.30. The van der Waals surface area contributed by atoms with Crippen molar-refractivity contribution in [2.45, 2.75) is 13.5 Å². The Morgan fingerprint density at radius 1 is 0.906 bits per heavy atom. The first kappa shape index (κ1) is 23.0. The predicted octanol–water partition coefficient (Wildman–Crippen LogP) is 4.57. The summed E-state index contributed by atoms with van der Waals surface area (Å²) in [5.41, 5.74) is 2.49. The molecule has 1 N–H and O–H groups in total. The van der Waals surface area contributed by atoms with Crippen molar-refractivity contribution >= 4 is 34.9 Å². The zero-order chi connectivity index (χ0) is 23.1. The van der Waals surface area contributed by atoms with E-state index >= 15 is 0 Å². The summed E-state index contributed by atoms with van der Waals surface area (Å²) >= 11 is 5.86. The van der Waals surface area contributed by atoms with Gasteiger partial charge < -0.3 is 15.0 Å². The summed E-state index contributed by atoms with van der Waals surface area (Å²) in [6.45, 7) is 1.68. The molecule has 0 aliphatic rings. The Morgan fingerprint density at radius 2 is 1.50 bits per heavy atom. The number of amides is 2. The molecule has 2 amide bonds. The van der Waals surface area contributed by atoms with Gasteiger partial charge in [0.1, 0.15) is 5.75 Å². The summed E-state index contributed by atoms with van der Waals surface area (Å²) in [6.07, 6.45) is 0. The number of para-hydroxylation sites is 1. The molecule has 0 aliphatic carbocycles. The van der Waals surface area contributed by atoms with Crippen LogP contribution < -0.4 is 10.1 Å². The largest absolute Gasteiger partial charge is 0.484 e. The third kappa shape index (κ3) is 6.18. The van der Waals surface area contributed by atoms with Crippen LogP contribution in [0.25, 0.3) is 0 Å². The monoisotopic (exact) mass is 450 g/mol. The molecule has 6 nitrogen and oxygen atoms in total. The Hall–Kier alpha value is -3.64. The van der Waals surface area contributed by atoms with E-state index in [1.54, 1.807) is 66.5 Å². The summed E-state index contributed by atoms with van der Waals surface area (Å²) in [6, 6.07) is 20.6. The molecule has 3 rings (SSSR count). The first-order valence-electron chi connectivity index (χ1n) is 9.96. The standard InChI is InChI=1S/C25H23ClN2O4/c1-17(29)28(2)15-20-5-3-4-6-23(20)27-24(30)16-32-22-13-9-19(10-14-22)25(31)18-7-11-21(26)12-8-18/h3-14H,15-16H2,1-2H3,(H,27,30). The summed E-state index contributed by atoms with van der Waals surface area (Å²) in [5.74, 6) is -0.0489. The smallest absolute Gasteiger partial charge is 0.262 e. The molecule has 0 bridgehead atoms. The van der Waals surface area contributed by atoms with Gasteiger partial charge in [0.25, 0.3) is 5.91 Å². The Kier molecular flexibility index (Phi) is 7.63. The first-order chi connectivity index (χ1) is 15.3. The molecular weight excluding hydrogens is 428 g/mol. The Balaban J connectivity index is 1.57. The molecule has 164 valence electrons. The van der Waals surface area contributed by atoms with Crippen LogP contribution in [-0.2, 0) is 16.1 Å². The van der Waals surface area contributed by atoms with Gasteiger partial charge in [0.05, 0.1) is 0 Å². The van der Waals surface area contributed by atoms with Crippen molar-refractivity contribution < 1.29 is 19.1 Å². The van der Waals surface area contributed by atoms with Crippen molar-refractivity contribution in [2.24, 2.45) is 0 Å². The van der Waals surface area contributed by atoms with E-state index < -0.39 is 0 Å². The number of nitrogens with zero attached hydrogens (tertiary/aromatic N) is 1. The second-order valence-electron chi connectivity index (χ2n) is 7.23. The van der Waals surface area contributed by atoms with Gasteiger partial charge in [0.2, 0.25) is 5.91 Å². The van der Waals surface area contributed by atoms with Crippen LogP contribution >= 0.6 is 11.6 Å². The van der Waals surface area contributed by atoms with Crippen molar-refractivity contribution in [3.63, 3.8) is 0 Å². The van der Waals surface area contributed by atoms with Gasteiger partial charge in [0, 0.05) is 42.4 Å². The van der Waals surface area contributed by atoms with E-state index in [-0.39, 0.29) is 24.2 Å². The Morgan fingerprint density at radius 3 is 2.12 bits per heavy atom. The topological polar surface area (TPSA) is 75.7 Å². The van der Waals surface area contributed by atoms with Gasteiger partial charge in [-0.1, -0.05) is 29.8 Å². The average Bonchev–Trinajstić information content (AvgIpc) is 2.79. The molecule has 0 fully saturated rings. The third-order valence-corrected chi connectivity index (χ3v) is 5.08. The van der Waals surface area contributed by atoms with E-state index in [0.717, 1.165) is 5.56 Å². The number of carbonyl (C=O) groups is 3. The third-order valence-electron chi connectivity index (χ3n) is 4.83. The van der Waals surface area contributed by atoms with Crippen LogP contribution in [0.1, 0.15) is 28.4 Å². The van der Waals surface area contributed by atoms with Crippen molar-refractivity contribution in [3.05, 3.63) is 94.5 Å². The van der Waals surface area contributed by atoms with Crippen molar-refractivity contribution in [3.8, 4) is 5.75 Å². The maximum absolute atomic E-state index is 12.5. The van der Waals surface area contributed by atoms with Gasteiger partial charge in [-0.05, 0) is 60.2 Å². The Labute approximate surface area is 191 Å². The second kappa shape index (κ2) is 10.6. The van der Waals surface area contributed by atoms with Crippen molar-refractivity contribution in [1.29, 1.82) is 0 Å². The van der Waals surface area contributed by atoms with Gasteiger partial charge in [-0.25, -0.2) is 0 Å². The molecule has 32 heavy (non-hydrogen) atoms. The number of nitrogens with one attached hydrogen (secondary N) is 1. The Bertz CT molecular complexity index is 1110. The van der Waals surface area contributed by atoms with Crippen molar-refractivity contribution in [2.75, 3.05) is 19.0 Å². The lowest BCUT2D eigenvalue weighted by Crippen LogP contribution is -2.25. The fourth-order valence-electron chi connectivity index (χ4n) is 2.95. The zero-order valence-electron chi connectivity index (χ0n) is 17.8. The summed E-state index contributed by atoms with van der Waals surface area (Å²) in [7, 11) is 1.70. The fraction of sp³-hybridized carbons (Fsp3) is 0.160. The molecule has 0 aromatic heterocycles. The minimum absolute atomic E-state index is 0.0625. The predicted molar refractivity (Wildman–Crippen MR) is 124 cm³/mol. The maximum atomic E-state index is 12.5. The average molecular weight is 451 g/mol. The number of rotatable bonds is 8. The maximum Gasteiger partial charge on any atom is 0.262 e. The molecule has 0 saturated heterocycles. The number of carbonyl (C=O) groups excluding carboxylic acids is 3. The van der Waals surface area contributed by atoms with Crippen LogP contribution in [0, 0.1) is 0 Å². The van der Waals surface area contributed by atoms with Crippen LogP contribution in [0.3, 0.4) is 0 Å². The number of halogens is 1. The van der Waals surface area contributed by atoms with E-state index in [1.807, 2.05) is 18.2 Å². The van der Waals surface area contributed by atoms with Gasteiger partial charge in [-0.15, -0.1) is 0 Å². The minimum atomic E-state index is -0.329. The lowest BCUT2D eigenvalue weighted by atomic mass is 10.0. The number of hydrogen-bond acceptors (Lipinski definition) is 4. The SMILES string of the molecule is CC(=O)N(C)Cc1ccccc1NC(=O)COc1ccc(C(=O)c2ccc(Cl)cc2)cc1. The van der Waals surface area contributed by atoms with Crippen LogP contribution in [0.5, 0.6) is 5.75 Å². The minimum Gasteiger partial charge on any atom is -0.484 e. The van der Waals surface area contributed by atoms with Gasteiger partial charge in [-0.3, -0.25) is 14.4 Å². The number of anilines is 1. The zero-order valence-corrected chi connectivity index (χ0v) is 18.6. The van der Waals surface area contributed by atoms with E-state index in [0.29, 0.717) is 34.1 Å². The highest BCUT2D eigenvalue weighted by Crippen LogP contribution is 2.19. The highest BCUT2D eigenvalue weighted by atomic mass is 35.5. The fourth-order valence-corrected chi connectivity index (χ4v) is 3.08. The first-order valence-corrected chi connectivity index (χ1v) is 10.3. The molecule has 0 spiro atoms. The number of ether oxygens (including phenoxy) is 1. The van der Waals surface area contributed by atoms with E-state index in [2.05, 4.69) is 5.32 Å². The summed E-state index contributed by atoms with van der Waals surface area (Å²) < 4.78 is 5.55. The van der Waals surface area contributed by atoms with Crippen LogP contribution in [0.4, 0.5) is 5.69 Å². The normalized spacial score (nSPS) is 10.3. The molecule has 0 radical (unpaired) electrons. The summed E-state index contributed by atoms with van der Waals surface area (Å²) in [5, 5.41) is 3.38. The molecule has 7 heteroatoms. The second-order valence-corrected chi connectivity index (χ2v) is 7.67. The molecule has 0 atom stereocenters. The lowest BCUT2D eigenvalue weighted by molar-refractivity contribution is -0.128. The molecule has 3 aromatic carbocycles. The number of hydrogen-bond donors (Lipinski definition) is 1. The molecule has 0 aliphatic heterocycles. The molecular formula is C25H23ClN2O4. The van der Waals surface area contributed by atoms with Crippen LogP contribution in [0.15, 0.2) is 72.8 Å². The van der Waals surface area contributed by atoms with Crippen LogP contribution in [0.2, 0.25) is 5.02 Å². The van der Waals surface area contributed by atoms with Crippen LogP contribution in [-0.4, -0.2) is 36.2 Å². The highest BCUT2D eigenvalue weighted by Gasteiger charge is 2.12. The summed E-state index contributed by atoms with van der Waals surface area (Å²) in [4.78, 5) is 37.9. The van der Waals surface area contributed by atoms with Crippen molar-refractivity contribution in [1.82, 2.24) is 4.90 Å². The molecule has 0 saturated carbocycles. The molecule has 3 aromatic rings. The quantitative estimate of drug-likeness (QED) is 0.510.